The first-order chi connectivity index (χ1) is 7.69. The highest BCUT2D eigenvalue weighted by atomic mass is 32.2. The summed E-state index contributed by atoms with van der Waals surface area (Å²) < 4.78 is 9.90. The molecule has 0 aliphatic carbocycles. The van der Waals surface area contributed by atoms with E-state index in [4.69, 9.17) is 4.74 Å². The van der Waals surface area contributed by atoms with Crippen molar-refractivity contribution in [2.45, 2.75) is 11.8 Å². The van der Waals surface area contributed by atoms with Gasteiger partial charge in [-0.15, -0.1) is 11.8 Å². The molecular formula is C12H16O3S. The predicted octanol–water partition coefficient (Wildman–Crippen LogP) is 2.60. The number of methoxy groups -OCH3 is 2. The predicted molar refractivity (Wildman–Crippen MR) is 64.9 cm³/mol. The molecular weight excluding hydrogens is 224 g/mol. The molecule has 3 nitrogen and oxygen atoms in total. The van der Waals surface area contributed by atoms with Gasteiger partial charge < -0.3 is 9.47 Å². The average molecular weight is 240 g/mol. The van der Waals surface area contributed by atoms with Gasteiger partial charge in [0.1, 0.15) is 5.75 Å². The van der Waals surface area contributed by atoms with Crippen LogP contribution in [0.25, 0.3) is 0 Å². The normalized spacial score (nSPS) is 11.9. The van der Waals surface area contributed by atoms with E-state index >= 15 is 0 Å². The number of carbonyl (C=O) groups is 1. The molecule has 0 aromatic heterocycles. The maximum Gasteiger partial charge on any atom is 0.309 e. The summed E-state index contributed by atoms with van der Waals surface area (Å²) in [5.41, 5.74) is 0. The Morgan fingerprint density at radius 3 is 2.69 bits per heavy atom. The van der Waals surface area contributed by atoms with E-state index in [1.54, 1.807) is 18.9 Å². The van der Waals surface area contributed by atoms with Gasteiger partial charge in [-0.1, -0.05) is 19.1 Å². The van der Waals surface area contributed by atoms with Gasteiger partial charge in [-0.25, -0.2) is 0 Å². The second kappa shape index (κ2) is 6.43. The van der Waals surface area contributed by atoms with Crippen LogP contribution in [-0.2, 0) is 9.53 Å². The molecule has 0 amide bonds. The first kappa shape index (κ1) is 12.9. The molecule has 0 fully saturated rings. The van der Waals surface area contributed by atoms with E-state index in [0.717, 1.165) is 10.6 Å². The van der Waals surface area contributed by atoms with Crippen molar-refractivity contribution in [1.82, 2.24) is 0 Å². The average Bonchev–Trinajstić information content (AvgIpc) is 2.35. The maximum atomic E-state index is 11.2. The van der Waals surface area contributed by atoms with Gasteiger partial charge in [0.25, 0.3) is 0 Å². The number of para-hydroxylation sites is 1. The lowest BCUT2D eigenvalue weighted by Gasteiger charge is -2.10. The van der Waals surface area contributed by atoms with E-state index in [-0.39, 0.29) is 11.9 Å². The fourth-order valence-corrected chi connectivity index (χ4v) is 2.26. The third-order valence-electron chi connectivity index (χ3n) is 2.16. The van der Waals surface area contributed by atoms with E-state index in [0.29, 0.717) is 5.75 Å². The molecule has 0 radical (unpaired) electrons. The zero-order chi connectivity index (χ0) is 12.0. The van der Waals surface area contributed by atoms with Gasteiger partial charge in [0.2, 0.25) is 0 Å². The van der Waals surface area contributed by atoms with Gasteiger partial charge in [-0.2, -0.15) is 0 Å². The fourth-order valence-electron chi connectivity index (χ4n) is 1.22. The van der Waals surface area contributed by atoms with Crippen molar-refractivity contribution >= 4 is 17.7 Å². The molecule has 4 heteroatoms. The topological polar surface area (TPSA) is 35.5 Å². The Morgan fingerprint density at radius 1 is 1.38 bits per heavy atom. The summed E-state index contributed by atoms with van der Waals surface area (Å²) in [6.45, 7) is 1.86. The van der Waals surface area contributed by atoms with Crippen molar-refractivity contribution in [3.05, 3.63) is 24.3 Å². The van der Waals surface area contributed by atoms with Crippen molar-refractivity contribution in [3.8, 4) is 5.75 Å². The quantitative estimate of drug-likeness (QED) is 0.585. The number of hydrogen-bond acceptors (Lipinski definition) is 4. The molecule has 1 aromatic rings. The Balaban J connectivity index is 2.57. The van der Waals surface area contributed by atoms with E-state index in [9.17, 15) is 4.79 Å². The van der Waals surface area contributed by atoms with E-state index in [1.165, 1.54) is 7.11 Å². The Morgan fingerprint density at radius 2 is 2.06 bits per heavy atom. The zero-order valence-electron chi connectivity index (χ0n) is 9.73. The van der Waals surface area contributed by atoms with Crippen molar-refractivity contribution in [2.24, 2.45) is 5.92 Å². The Kier molecular flexibility index (Phi) is 5.19. The summed E-state index contributed by atoms with van der Waals surface area (Å²) in [6, 6.07) is 7.76. The number of esters is 1. The Bertz CT molecular complexity index is 352. The Labute approximate surface area is 100 Å². The van der Waals surface area contributed by atoms with Crippen LogP contribution in [0, 0.1) is 5.92 Å². The van der Waals surface area contributed by atoms with Crippen LogP contribution in [0.4, 0.5) is 0 Å². The minimum Gasteiger partial charge on any atom is -0.496 e. The highest BCUT2D eigenvalue weighted by molar-refractivity contribution is 7.99. The monoisotopic (exact) mass is 240 g/mol. The SMILES string of the molecule is COC(=O)[C@@H](C)CSc1ccccc1OC. The summed E-state index contributed by atoms with van der Waals surface area (Å²) >= 11 is 1.60. The molecule has 0 aliphatic rings. The largest absolute Gasteiger partial charge is 0.496 e. The highest BCUT2D eigenvalue weighted by Gasteiger charge is 2.14. The molecule has 88 valence electrons. The number of benzene rings is 1. The number of thioether (sulfide) groups is 1. The van der Waals surface area contributed by atoms with Crippen LogP contribution < -0.4 is 4.74 Å². The third kappa shape index (κ3) is 3.45. The smallest absolute Gasteiger partial charge is 0.309 e. The van der Waals surface area contributed by atoms with Crippen LogP contribution in [-0.4, -0.2) is 25.9 Å². The summed E-state index contributed by atoms with van der Waals surface area (Å²) in [6.07, 6.45) is 0. The summed E-state index contributed by atoms with van der Waals surface area (Å²) in [4.78, 5) is 12.3. The van der Waals surface area contributed by atoms with Gasteiger partial charge in [-0.3, -0.25) is 4.79 Å². The first-order valence-corrected chi connectivity index (χ1v) is 6.01. The summed E-state index contributed by atoms with van der Waals surface area (Å²) in [5.74, 6) is 1.24. The van der Waals surface area contributed by atoms with Crippen molar-refractivity contribution in [2.75, 3.05) is 20.0 Å². The second-order valence-electron chi connectivity index (χ2n) is 3.39. The number of rotatable bonds is 5. The number of carbonyl (C=O) groups excluding carboxylic acids is 1. The van der Waals surface area contributed by atoms with Crippen LogP contribution in [0.5, 0.6) is 5.75 Å². The van der Waals surface area contributed by atoms with Crippen LogP contribution in [0.1, 0.15) is 6.92 Å². The van der Waals surface area contributed by atoms with Gasteiger partial charge in [-0.05, 0) is 12.1 Å². The van der Waals surface area contributed by atoms with Crippen molar-refractivity contribution in [1.29, 1.82) is 0 Å². The highest BCUT2D eigenvalue weighted by Crippen LogP contribution is 2.30. The standard InChI is InChI=1S/C12H16O3S/c1-9(12(13)15-3)8-16-11-7-5-4-6-10(11)14-2/h4-7,9H,8H2,1-3H3/t9-/m0/s1. The molecule has 1 aromatic carbocycles. The molecule has 0 saturated heterocycles. The van der Waals surface area contributed by atoms with Crippen LogP contribution in [0.2, 0.25) is 0 Å². The minimum absolute atomic E-state index is 0.111. The molecule has 0 saturated carbocycles. The van der Waals surface area contributed by atoms with Gasteiger partial charge in [0.05, 0.1) is 20.1 Å². The van der Waals surface area contributed by atoms with Gasteiger partial charge >= 0.3 is 5.97 Å². The van der Waals surface area contributed by atoms with Crippen molar-refractivity contribution in [3.63, 3.8) is 0 Å². The van der Waals surface area contributed by atoms with Crippen molar-refractivity contribution < 1.29 is 14.3 Å². The van der Waals surface area contributed by atoms with Crippen LogP contribution in [0.3, 0.4) is 0 Å². The molecule has 1 rings (SSSR count). The first-order valence-electron chi connectivity index (χ1n) is 5.02. The van der Waals surface area contributed by atoms with E-state index in [2.05, 4.69) is 4.74 Å². The fraction of sp³-hybridized carbons (Fsp3) is 0.417. The molecule has 0 bridgehead atoms. The molecule has 0 N–H and O–H groups in total. The van der Waals surface area contributed by atoms with Gasteiger partial charge in [0, 0.05) is 10.6 Å². The van der Waals surface area contributed by atoms with Gasteiger partial charge in [0.15, 0.2) is 0 Å². The maximum absolute atomic E-state index is 11.2. The summed E-state index contributed by atoms with van der Waals surface area (Å²) in [7, 11) is 3.05. The second-order valence-corrected chi connectivity index (χ2v) is 4.45. The zero-order valence-corrected chi connectivity index (χ0v) is 10.5. The summed E-state index contributed by atoms with van der Waals surface area (Å²) in [5, 5.41) is 0. The van der Waals surface area contributed by atoms with Crippen LogP contribution >= 0.6 is 11.8 Å². The molecule has 1 atom stereocenters. The Hall–Kier alpha value is -1.16. The lowest BCUT2D eigenvalue weighted by Crippen LogP contribution is -2.14. The van der Waals surface area contributed by atoms with E-state index in [1.807, 2.05) is 31.2 Å². The molecule has 0 spiro atoms. The number of ether oxygens (including phenoxy) is 2. The molecule has 0 unspecified atom stereocenters. The number of hydrogen-bond donors (Lipinski definition) is 0. The lowest BCUT2D eigenvalue weighted by atomic mass is 10.2. The van der Waals surface area contributed by atoms with Crippen LogP contribution in [0.15, 0.2) is 29.2 Å². The molecule has 16 heavy (non-hydrogen) atoms. The minimum atomic E-state index is -0.178. The van der Waals surface area contributed by atoms with E-state index < -0.39 is 0 Å². The molecule has 0 heterocycles. The lowest BCUT2D eigenvalue weighted by molar-refractivity contribution is -0.143. The molecule has 0 aliphatic heterocycles. The third-order valence-corrected chi connectivity index (χ3v) is 3.48.